The van der Waals surface area contributed by atoms with E-state index >= 15 is 0 Å². The maximum atomic E-state index is 12.0. The van der Waals surface area contributed by atoms with Gasteiger partial charge in [-0.2, -0.15) is 0 Å². The second kappa shape index (κ2) is 6.40. The Morgan fingerprint density at radius 1 is 1.37 bits per heavy atom. The lowest BCUT2D eigenvalue weighted by molar-refractivity contribution is -0.129. The molecule has 19 heavy (non-hydrogen) atoms. The minimum atomic E-state index is -0.152. The highest BCUT2D eigenvalue weighted by molar-refractivity contribution is 6.30. The zero-order chi connectivity index (χ0) is 13.8. The summed E-state index contributed by atoms with van der Waals surface area (Å²) in [5.74, 6) is 0.347. The largest absolute Gasteiger partial charge is 0.375 e. The van der Waals surface area contributed by atoms with Crippen LogP contribution in [-0.4, -0.2) is 19.1 Å². The summed E-state index contributed by atoms with van der Waals surface area (Å²) in [6.45, 7) is 1.97. The van der Waals surface area contributed by atoms with Gasteiger partial charge in [0.05, 0.1) is 6.04 Å². The summed E-state index contributed by atoms with van der Waals surface area (Å²) in [6.07, 6.45) is 3.03. The van der Waals surface area contributed by atoms with E-state index in [1.165, 1.54) is 0 Å². The number of hydrogen-bond donors (Lipinski definition) is 1. The van der Waals surface area contributed by atoms with E-state index in [2.05, 4.69) is 5.32 Å². The molecule has 1 N–H and O–H groups in total. The molecule has 0 bridgehead atoms. The minimum absolute atomic E-state index is 0.0562. The molecular weight excluding hydrogens is 262 g/mol. The van der Waals surface area contributed by atoms with Crippen molar-refractivity contribution in [3.8, 4) is 0 Å². The van der Waals surface area contributed by atoms with E-state index < -0.39 is 0 Å². The summed E-state index contributed by atoms with van der Waals surface area (Å²) >= 11 is 5.88. The summed E-state index contributed by atoms with van der Waals surface area (Å²) in [6, 6.07) is 7.48. The third kappa shape index (κ3) is 3.48. The molecule has 0 aromatic heterocycles. The SMILES string of the molecule is CO[C@H](c1ccc(Cl)cc1)[C@H](C)NC(=O)C1CCC1. The predicted octanol–water partition coefficient (Wildman–Crippen LogP) is 3.33. The second-order valence-electron chi connectivity index (χ2n) is 5.13. The van der Waals surface area contributed by atoms with Gasteiger partial charge in [-0.15, -0.1) is 0 Å². The van der Waals surface area contributed by atoms with Crippen molar-refractivity contribution in [1.82, 2.24) is 5.32 Å². The highest BCUT2D eigenvalue weighted by Gasteiger charge is 2.28. The molecule has 1 aromatic carbocycles. The normalized spacial score (nSPS) is 18.5. The number of rotatable bonds is 5. The van der Waals surface area contributed by atoms with Gasteiger partial charge in [0.15, 0.2) is 0 Å². The maximum Gasteiger partial charge on any atom is 0.223 e. The Morgan fingerprint density at radius 3 is 2.47 bits per heavy atom. The third-order valence-electron chi connectivity index (χ3n) is 3.75. The zero-order valence-electron chi connectivity index (χ0n) is 11.4. The van der Waals surface area contributed by atoms with E-state index in [-0.39, 0.29) is 24.0 Å². The van der Waals surface area contributed by atoms with Gasteiger partial charge in [-0.3, -0.25) is 4.79 Å². The van der Waals surface area contributed by atoms with Crippen LogP contribution in [0.5, 0.6) is 0 Å². The van der Waals surface area contributed by atoms with Crippen LogP contribution in [-0.2, 0) is 9.53 Å². The van der Waals surface area contributed by atoms with E-state index in [9.17, 15) is 4.79 Å². The summed E-state index contributed by atoms with van der Waals surface area (Å²) in [4.78, 5) is 12.0. The zero-order valence-corrected chi connectivity index (χ0v) is 12.1. The first kappa shape index (κ1) is 14.4. The second-order valence-corrected chi connectivity index (χ2v) is 5.57. The van der Waals surface area contributed by atoms with Gasteiger partial charge in [0, 0.05) is 18.1 Å². The molecule has 0 heterocycles. The van der Waals surface area contributed by atoms with Crippen LogP contribution < -0.4 is 5.32 Å². The summed E-state index contributed by atoms with van der Waals surface area (Å²) < 4.78 is 5.51. The fourth-order valence-corrected chi connectivity index (χ4v) is 2.50. The van der Waals surface area contributed by atoms with Crippen molar-refractivity contribution in [2.45, 2.75) is 38.3 Å². The molecule has 3 nitrogen and oxygen atoms in total. The number of carbonyl (C=O) groups excluding carboxylic acids is 1. The highest BCUT2D eigenvalue weighted by Crippen LogP contribution is 2.28. The van der Waals surface area contributed by atoms with Crippen molar-refractivity contribution in [2.24, 2.45) is 5.92 Å². The standard InChI is InChI=1S/C15H20ClNO2/c1-10(17-15(18)12-4-3-5-12)14(19-2)11-6-8-13(16)9-7-11/h6-10,12,14H,3-5H2,1-2H3,(H,17,18)/t10-,14-/m0/s1. The minimum Gasteiger partial charge on any atom is -0.375 e. The number of carbonyl (C=O) groups is 1. The van der Waals surface area contributed by atoms with Crippen LogP contribution in [0.3, 0.4) is 0 Å². The van der Waals surface area contributed by atoms with Crippen molar-refractivity contribution in [2.75, 3.05) is 7.11 Å². The Hall–Kier alpha value is -1.06. The molecule has 1 amide bonds. The Labute approximate surface area is 119 Å². The van der Waals surface area contributed by atoms with Crippen molar-refractivity contribution in [3.63, 3.8) is 0 Å². The third-order valence-corrected chi connectivity index (χ3v) is 4.00. The van der Waals surface area contributed by atoms with Crippen LogP contribution in [0, 0.1) is 5.92 Å². The molecule has 1 aromatic rings. The average Bonchev–Trinajstić information content (AvgIpc) is 2.30. The van der Waals surface area contributed by atoms with Crippen molar-refractivity contribution >= 4 is 17.5 Å². The van der Waals surface area contributed by atoms with Gasteiger partial charge in [0.2, 0.25) is 5.91 Å². The first-order valence-corrected chi connectivity index (χ1v) is 7.08. The van der Waals surface area contributed by atoms with Gasteiger partial charge >= 0.3 is 0 Å². The lowest BCUT2D eigenvalue weighted by atomic mass is 9.84. The van der Waals surface area contributed by atoms with Gasteiger partial charge in [0.1, 0.15) is 6.10 Å². The molecule has 0 saturated heterocycles. The molecule has 2 atom stereocenters. The van der Waals surface area contributed by atoms with E-state index in [4.69, 9.17) is 16.3 Å². The Kier molecular flexibility index (Phi) is 4.83. The van der Waals surface area contributed by atoms with E-state index in [1.54, 1.807) is 7.11 Å². The molecule has 1 saturated carbocycles. The van der Waals surface area contributed by atoms with Gasteiger partial charge in [-0.05, 0) is 37.5 Å². The summed E-state index contributed by atoms with van der Waals surface area (Å²) in [5, 5.41) is 3.75. The smallest absolute Gasteiger partial charge is 0.223 e. The van der Waals surface area contributed by atoms with Crippen molar-refractivity contribution in [3.05, 3.63) is 34.9 Å². The number of nitrogens with one attached hydrogen (secondary N) is 1. The first-order chi connectivity index (χ1) is 9.11. The Balaban J connectivity index is 1.99. The van der Waals surface area contributed by atoms with E-state index in [0.29, 0.717) is 5.02 Å². The molecule has 1 fully saturated rings. The fourth-order valence-electron chi connectivity index (χ4n) is 2.37. The number of benzene rings is 1. The summed E-state index contributed by atoms with van der Waals surface area (Å²) in [5.41, 5.74) is 1.02. The average molecular weight is 282 g/mol. The molecule has 0 aliphatic heterocycles. The Bertz CT molecular complexity index is 428. The number of halogens is 1. The fraction of sp³-hybridized carbons (Fsp3) is 0.533. The molecule has 0 radical (unpaired) electrons. The number of methoxy groups -OCH3 is 1. The molecular formula is C15H20ClNO2. The Morgan fingerprint density at radius 2 is 2.00 bits per heavy atom. The molecule has 0 spiro atoms. The molecule has 104 valence electrons. The van der Waals surface area contributed by atoms with Gasteiger partial charge in [-0.1, -0.05) is 30.2 Å². The quantitative estimate of drug-likeness (QED) is 0.899. The first-order valence-electron chi connectivity index (χ1n) is 6.70. The van der Waals surface area contributed by atoms with Crippen LogP contribution in [0.1, 0.15) is 37.9 Å². The van der Waals surface area contributed by atoms with Crippen molar-refractivity contribution < 1.29 is 9.53 Å². The van der Waals surface area contributed by atoms with Gasteiger partial charge in [0.25, 0.3) is 0 Å². The lowest BCUT2D eigenvalue weighted by Gasteiger charge is -2.29. The predicted molar refractivity (Wildman–Crippen MR) is 76.1 cm³/mol. The van der Waals surface area contributed by atoms with Crippen LogP contribution in [0.15, 0.2) is 24.3 Å². The molecule has 1 aliphatic carbocycles. The topological polar surface area (TPSA) is 38.3 Å². The molecule has 0 unspecified atom stereocenters. The van der Waals surface area contributed by atoms with E-state index in [0.717, 1.165) is 24.8 Å². The highest BCUT2D eigenvalue weighted by atomic mass is 35.5. The lowest BCUT2D eigenvalue weighted by Crippen LogP contribution is -2.42. The van der Waals surface area contributed by atoms with Crippen LogP contribution in [0.2, 0.25) is 5.02 Å². The molecule has 1 aliphatic rings. The van der Waals surface area contributed by atoms with Gasteiger partial charge < -0.3 is 10.1 Å². The van der Waals surface area contributed by atoms with Crippen LogP contribution >= 0.6 is 11.6 Å². The number of amides is 1. The van der Waals surface area contributed by atoms with Crippen LogP contribution in [0.25, 0.3) is 0 Å². The van der Waals surface area contributed by atoms with Gasteiger partial charge in [-0.25, -0.2) is 0 Å². The monoisotopic (exact) mass is 281 g/mol. The number of hydrogen-bond acceptors (Lipinski definition) is 2. The van der Waals surface area contributed by atoms with Crippen molar-refractivity contribution in [1.29, 1.82) is 0 Å². The maximum absolute atomic E-state index is 12.0. The molecule has 2 rings (SSSR count). The number of ether oxygens (including phenoxy) is 1. The van der Waals surface area contributed by atoms with E-state index in [1.807, 2.05) is 31.2 Å². The molecule has 4 heteroatoms. The summed E-state index contributed by atoms with van der Waals surface area (Å²) in [7, 11) is 1.66. The van der Waals surface area contributed by atoms with Crippen LogP contribution in [0.4, 0.5) is 0 Å².